The van der Waals surface area contributed by atoms with E-state index in [1.165, 1.54) is 20.9 Å². The Labute approximate surface area is 178 Å². The third-order valence-electron chi connectivity index (χ3n) is 4.02. The zero-order chi connectivity index (χ0) is 18.1. The molecule has 2 heterocycles. The van der Waals surface area contributed by atoms with Gasteiger partial charge in [-0.15, -0.1) is 0 Å². The molecule has 0 aliphatic carbocycles. The summed E-state index contributed by atoms with van der Waals surface area (Å²) in [6, 6.07) is 11.7. The number of hydrogen-bond donors (Lipinski definition) is 3. The number of aromatic carboxylic acids is 1. The Morgan fingerprint density at radius 2 is 1.50 bits per heavy atom. The van der Waals surface area contributed by atoms with E-state index in [0.29, 0.717) is 0 Å². The first-order valence-corrected chi connectivity index (χ1v) is 9.20. The molecule has 0 bridgehead atoms. The molecule has 0 aliphatic heterocycles. The number of H-pyrrole nitrogens is 2. The number of aryl methyl sites for hydroxylation is 2. The Morgan fingerprint density at radius 1 is 0.923 bits per heavy atom. The largest absolute Gasteiger partial charge is 0.477 e. The molecular formula is C19H16Br2CuN2O2. The molecule has 0 spiro atoms. The maximum absolute atomic E-state index is 10.7. The zero-order valence-electron chi connectivity index (χ0n) is 14.0. The second-order valence-corrected chi connectivity index (χ2v) is 7.37. The van der Waals surface area contributed by atoms with Gasteiger partial charge in [-0.2, -0.15) is 0 Å². The minimum absolute atomic E-state index is 0. The van der Waals surface area contributed by atoms with E-state index in [1.807, 2.05) is 25.3 Å². The molecule has 7 heteroatoms. The maximum Gasteiger partial charge on any atom is 0.352 e. The van der Waals surface area contributed by atoms with Crippen molar-refractivity contribution in [2.75, 3.05) is 0 Å². The number of aromatic nitrogens is 2. The number of carboxylic acid groups (broad SMARTS) is 1. The summed E-state index contributed by atoms with van der Waals surface area (Å²) in [6.45, 7) is 4.06. The van der Waals surface area contributed by atoms with E-state index in [1.54, 1.807) is 6.07 Å². The summed E-state index contributed by atoms with van der Waals surface area (Å²) in [5, 5.41) is 11.0. The SMILES string of the molecule is Cc1ccc2[nH]c(C(=O)O)cc2c1Br.Cc1ccc2[nH]ccc2c1Br.[Cu]. The first kappa shape index (κ1) is 20.8. The summed E-state index contributed by atoms with van der Waals surface area (Å²) in [5.41, 5.74) is 4.60. The Bertz CT molecular complexity index is 1090. The van der Waals surface area contributed by atoms with Crippen LogP contribution in [0, 0.1) is 13.8 Å². The van der Waals surface area contributed by atoms with Gasteiger partial charge in [0.15, 0.2) is 0 Å². The van der Waals surface area contributed by atoms with E-state index in [9.17, 15) is 4.79 Å². The van der Waals surface area contributed by atoms with Crippen molar-refractivity contribution in [3.05, 3.63) is 68.4 Å². The monoisotopic (exact) mass is 525 g/mol. The minimum Gasteiger partial charge on any atom is -0.477 e. The minimum atomic E-state index is -0.939. The van der Waals surface area contributed by atoms with Crippen LogP contribution in [0.2, 0.25) is 0 Å². The topological polar surface area (TPSA) is 68.9 Å². The van der Waals surface area contributed by atoms with Gasteiger partial charge in [-0.3, -0.25) is 0 Å². The molecule has 0 aliphatic rings. The van der Waals surface area contributed by atoms with Crippen LogP contribution in [0.3, 0.4) is 0 Å². The van der Waals surface area contributed by atoms with Gasteiger partial charge in [-0.1, -0.05) is 12.1 Å². The third kappa shape index (κ3) is 4.07. The van der Waals surface area contributed by atoms with Crippen molar-refractivity contribution in [2.24, 2.45) is 0 Å². The quantitative estimate of drug-likeness (QED) is 0.259. The van der Waals surface area contributed by atoms with Crippen molar-refractivity contribution in [1.82, 2.24) is 9.97 Å². The molecule has 3 N–H and O–H groups in total. The number of fused-ring (bicyclic) bond motifs is 2. The van der Waals surface area contributed by atoms with Gasteiger partial charge in [0.25, 0.3) is 0 Å². The zero-order valence-corrected chi connectivity index (χ0v) is 18.1. The van der Waals surface area contributed by atoms with Crippen LogP contribution in [0.25, 0.3) is 21.8 Å². The molecule has 0 amide bonds. The fourth-order valence-corrected chi connectivity index (χ4v) is 3.54. The van der Waals surface area contributed by atoms with Crippen LogP contribution in [0.5, 0.6) is 0 Å². The van der Waals surface area contributed by atoms with Crippen LogP contribution in [0.1, 0.15) is 21.6 Å². The van der Waals surface area contributed by atoms with Gasteiger partial charge in [0.1, 0.15) is 5.69 Å². The van der Waals surface area contributed by atoms with Gasteiger partial charge < -0.3 is 15.1 Å². The van der Waals surface area contributed by atoms with Gasteiger partial charge in [0.2, 0.25) is 0 Å². The molecule has 4 nitrogen and oxygen atoms in total. The second kappa shape index (κ2) is 8.44. The summed E-state index contributed by atoms with van der Waals surface area (Å²) in [5.74, 6) is -0.939. The standard InChI is InChI=1S/C10H8BrNO2.C9H8BrN.Cu/c1-5-2-3-7-6(9(5)11)4-8(12-7)10(13)14;1-6-2-3-8-7(9(6)10)4-5-11-8;/h2-4,12H,1H3,(H,13,14);2-5,11H,1H3;. The fraction of sp³-hybridized carbons (Fsp3) is 0.105. The number of aromatic amines is 2. The first-order chi connectivity index (χ1) is 11.9. The maximum atomic E-state index is 10.7. The summed E-state index contributed by atoms with van der Waals surface area (Å²) < 4.78 is 2.13. The van der Waals surface area contributed by atoms with Crippen molar-refractivity contribution in [3.63, 3.8) is 0 Å². The predicted octanol–water partition coefficient (Wildman–Crippen LogP) is 6.17. The van der Waals surface area contributed by atoms with Gasteiger partial charge in [0.05, 0.1) is 0 Å². The van der Waals surface area contributed by atoms with E-state index >= 15 is 0 Å². The molecule has 4 aromatic rings. The third-order valence-corrected chi connectivity index (χ3v) is 6.13. The van der Waals surface area contributed by atoms with Crippen molar-refractivity contribution in [1.29, 1.82) is 0 Å². The van der Waals surface area contributed by atoms with Crippen LogP contribution in [-0.4, -0.2) is 21.0 Å². The molecule has 0 unspecified atom stereocenters. The second-order valence-electron chi connectivity index (χ2n) is 5.78. The molecule has 26 heavy (non-hydrogen) atoms. The number of carboxylic acids is 1. The smallest absolute Gasteiger partial charge is 0.352 e. The van der Waals surface area contributed by atoms with Crippen molar-refractivity contribution >= 4 is 59.6 Å². The molecule has 0 atom stereocenters. The first-order valence-electron chi connectivity index (χ1n) is 7.62. The summed E-state index contributed by atoms with van der Waals surface area (Å²) in [6.07, 6.45) is 1.95. The molecule has 1 radical (unpaired) electrons. The number of carbonyl (C=O) groups is 1. The molecule has 0 fully saturated rings. The van der Waals surface area contributed by atoms with E-state index in [2.05, 4.69) is 67.0 Å². The van der Waals surface area contributed by atoms with Gasteiger partial charge in [0, 0.05) is 54.0 Å². The normalized spacial score (nSPS) is 10.3. The van der Waals surface area contributed by atoms with Crippen molar-refractivity contribution in [2.45, 2.75) is 13.8 Å². The Morgan fingerprint density at radius 3 is 2.12 bits per heavy atom. The van der Waals surface area contributed by atoms with Crippen LogP contribution in [0.4, 0.5) is 0 Å². The predicted molar refractivity (Wildman–Crippen MR) is 108 cm³/mol. The average molecular weight is 528 g/mol. The molecule has 4 rings (SSSR count). The number of rotatable bonds is 1. The molecular weight excluding hydrogens is 512 g/mol. The summed E-state index contributed by atoms with van der Waals surface area (Å²) >= 11 is 6.97. The van der Waals surface area contributed by atoms with Crippen molar-refractivity contribution in [3.8, 4) is 0 Å². The van der Waals surface area contributed by atoms with E-state index in [-0.39, 0.29) is 22.8 Å². The average Bonchev–Trinajstić information content (AvgIpc) is 3.22. The van der Waals surface area contributed by atoms with E-state index < -0.39 is 5.97 Å². The summed E-state index contributed by atoms with van der Waals surface area (Å²) in [7, 11) is 0. The van der Waals surface area contributed by atoms with E-state index in [4.69, 9.17) is 5.11 Å². The van der Waals surface area contributed by atoms with Crippen LogP contribution >= 0.6 is 31.9 Å². The number of nitrogens with one attached hydrogen (secondary N) is 2. The number of halogens is 2. The molecule has 2 aromatic carbocycles. The van der Waals surface area contributed by atoms with Gasteiger partial charge >= 0.3 is 5.97 Å². The van der Waals surface area contributed by atoms with Gasteiger partial charge in [-0.05, 0) is 81.1 Å². The van der Waals surface area contributed by atoms with Crippen LogP contribution in [0.15, 0.2) is 51.5 Å². The Kier molecular flexibility index (Phi) is 6.74. The molecule has 2 aromatic heterocycles. The molecule has 0 saturated heterocycles. The van der Waals surface area contributed by atoms with Crippen molar-refractivity contribution < 1.29 is 27.0 Å². The van der Waals surface area contributed by atoms with Gasteiger partial charge in [-0.25, -0.2) is 4.79 Å². The van der Waals surface area contributed by atoms with Crippen LogP contribution < -0.4 is 0 Å². The summed E-state index contributed by atoms with van der Waals surface area (Å²) in [4.78, 5) is 16.7. The molecule has 0 saturated carbocycles. The Hall–Kier alpha value is -1.53. The number of benzene rings is 2. The van der Waals surface area contributed by atoms with Crippen LogP contribution in [-0.2, 0) is 17.1 Å². The Balaban J connectivity index is 0.000000184. The molecule has 139 valence electrons. The fourth-order valence-electron chi connectivity index (χ4n) is 2.60. The van der Waals surface area contributed by atoms with E-state index in [0.717, 1.165) is 20.9 Å². The number of hydrogen-bond acceptors (Lipinski definition) is 1.